The van der Waals surface area contributed by atoms with E-state index in [4.69, 9.17) is 0 Å². The zero-order valence-electron chi connectivity index (χ0n) is 12.3. The van der Waals surface area contributed by atoms with Crippen molar-refractivity contribution in [1.82, 2.24) is 15.2 Å². The summed E-state index contributed by atoms with van der Waals surface area (Å²) in [7, 11) is 2.13. The van der Waals surface area contributed by atoms with Gasteiger partial charge < -0.3 is 10.2 Å². The van der Waals surface area contributed by atoms with E-state index in [2.05, 4.69) is 27.1 Å². The SMILES string of the molecule is CN1CCN(c2ccc(F)cn2)C[C@@]12CCNC(=O)CC2. The number of aromatic nitrogens is 1. The third-order valence-electron chi connectivity index (χ3n) is 4.77. The summed E-state index contributed by atoms with van der Waals surface area (Å²) in [6.07, 6.45) is 3.62. The second-order valence-corrected chi connectivity index (χ2v) is 6.00. The second kappa shape index (κ2) is 5.60. The summed E-state index contributed by atoms with van der Waals surface area (Å²) in [6, 6.07) is 3.18. The number of amides is 1. The van der Waals surface area contributed by atoms with E-state index in [0.29, 0.717) is 13.0 Å². The molecule has 0 radical (unpaired) electrons. The number of carbonyl (C=O) groups excluding carboxylic acids is 1. The van der Waals surface area contributed by atoms with Crippen molar-refractivity contribution in [3.05, 3.63) is 24.1 Å². The number of halogens is 1. The number of hydrogen-bond acceptors (Lipinski definition) is 4. The molecule has 1 aromatic heterocycles. The first-order valence-corrected chi connectivity index (χ1v) is 7.44. The molecule has 21 heavy (non-hydrogen) atoms. The number of piperazine rings is 1. The number of nitrogens with one attached hydrogen (secondary N) is 1. The summed E-state index contributed by atoms with van der Waals surface area (Å²) in [6.45, 7) is 3.34. The van der Waals surface area contributed by atoms with E-state index in [0.717, 1.165) is 38.3 Å². The van der Waals surface area contributed by atoms with Crippen molar-refractivity contribution in [1.29, 1.82) is 0 Å². The van der Waals surface area contributed by atoms with Gasteiger partial charge in [-0.1, -0.05) is 0 Å². The molecule has 0 bridgehead atoms. The normalized spacial score (nSPS) is 27.5. The van der Waals surface area contributed by atoms with Crippen LogP contribution in [0.3, 0.4) is 0 Å². The highest BCUT2D eigenvalue weighted by Gasteiger charge is 2.41. The van der Waals surface area contributed by atoms with Crippen LogP contribution in [0, 0.1) is 5.82 Å². The molecule has 0 aromatic carbocycles. The maximum atomic E-state index is 13.0. The summed E-state index contributed by atoms with van der Waals surface area (Å²) >= 11 is 0. The molecule has 1 aromatic rings. The molecule has 2 fully saturated rings. The Bertz CT molecular complexity index is 521. The van der Waals surface area contributed by atoms with E-state index < -0.39 is 0 Å². The Balaban J connectivity index is 1.80. The number of carbonyl (C=O) groups is 1. The Kier molecular flexibility index (Phi) is 3.80. The molecular weight excluding hydrogens is 271 g/mol. The lowest BCUT2D eigenvalue weighted by Crippen LogP contribution is -2.61. The molecular formula is C15H21FN4O. The van der Waals surface area contributed by atoms with Crippen LogP contribution in [0.5, 0.6) is 0 Å². The molecule has 6 heteroatoms. The smallest absolute Gasteiger partial charge is 0.220 e. The van der Waals surface area contributed by atoms with Gasteiger partial charge in [0.25, 0.3) is 0 Å². The average molecular weight is 292 g/mol. The maximum Gasteiger partial charge on any atom is 0.220 e. The minimum atomic E-state index is -0.313. The monoisotopic (exact) mass is 292 g/mol. The molecule has 0 unspecified atom stereocenters. The molecule has 2 aliphatic heterocycles. The van der Waals surface area contributed by atoms with Crippen LogP contribution in [-0.4, -0.2) is 54.6 Å². The van der Waals surface area contributed by atoms with E-state index in [1.807, 2.05) is 0 Å². The summed E-state index contributed by atoms with van der Waals surface area (Å²) in [5.41, 5.74) is -0.00647. The maximum absolute atomic E-state index is 13.0. The first-order chi connectivity index (χ1) is 10.1. The molecule has 3 heterocycles. The van der Waals surface area contributed by atoms with Crippen LogP contribution in [0.1, 0.15) is 19.3 Å². The Labute approximate surface area is 124 Å². The van der Waals surface area contributed by atoms with Gasteiger partial charge in [-0.05, 0) is 32.0 Å². The Morgan fingerprint density at radius 3 is 2.95 bits per heavy atom. The van der Waals surface area contributed by atoms with Crippen LogP contribution in [-0.2, 0) is 4.79 Å². The van der Waals surface area contributed by atoms with Gasteiger partial charge in [-0.25, -0.2) is 9.37 Å². The van der Waals surface area contributed by atoms with Crippen molar-refractivity contribution >= 4 is 11.7 Å². The zero-order valence-corrected chi connectivity index (χ0v) is 12.3. The average Bonchev–Trinajstić information content (AvgIpc) is 2.66. The number of rotatable bonds is 1. The highest BCUT2D eigenvalue weighted by Crippen LogP contribution is 2.31. The molecule has 2 saturated heterocycles. The van der Waals surface area contributed by atoms with Gasteiger partial charge in [0.15, 0.2) is 0 Å². The number of nitrogens with zero attached hydrogens (tertiary/aromatic N) is 3. The molecule has 1 amide bonds. The summed E-state index contributed by atoms with van der Waals surface area (Å²) in [5.74, 6) is 0.636. The van der Waals surface area contributed by atoms with Gasteiger partial charge in [-0.3, -0.25) is 9.69 Å². The molecule has 3 rings (SSSR count). The predicted octanol–water partition coefficient (Wildman–Crippen LogP) is 1.01. The second-order valence-electron chi connectivity index (χ2n) is 6.00. The van der Waals surface area contributed by atoms with Crippen LogP contribution in [0.15, 0.2) is 18.3 Å². The van der Waals surface area contributed by atoms with E-state index >= 15 is 0 Å². The van der Waals surface area contributed by atoms with E-state index in [1.54, 1.807) is 6.07 Å². The molecule has 5 nitrogen and oxygen atoms in total. The number of anilines is 1. The first-order valence-electron chi connectivity index (χ1n) is 7.44. The highest BCUT2D eigenvalue weighted by atomic mass is 19.1. The van der Waals surface area contributed by atoms with Crippen molar-refractivity contribution in [2.24, 2.45) is 0 Å². The molecule has 1 spiro atoms. The fourth-order valence-corrected chi connectivity index (χ4v) is 3.35. The van der Waals surface area contributed by atoms with Gasteiger partial charge in [0.2, 0.25) is 5.91 Å². The van der Waals surface area contributed by atoms with Gasteiger partial charge in [0.05, 0.1) is 6.20 Å². The summed E-state index contributed by atoms with van der Waals surface area (Å²) in [4.78, 5) is 20.4. The van der Waals surface area contributed by atoms with Gasteiger partial charge in [0, 0.05) is 38.1 Å². The Hall–Kier alpha value is -1.69. The fraction of sp³-hybridized carbons (Fsp3) is 0.600. The standard InChI is InChI=1S/C15H21FN4O/c1-19-8-9-20(13-3-2-12(16)10-18-13)11-15(19)5-4-14(21)17-7-6-15/h2-3,10H,4-9,11H2,1H3,(H,17,21)/t15-/m1/s1. The van der Waals surface area contributed by atoms with Gasteiger partial charge in [0.1, 0.15) is 11.6 Å². The third-order valence-corrected chi connectivity index (χ3v) is 4.77. The predicted molar refractivity (Wildman–Crippen MR) is 78.6 cm³/mol. The van der Waals surface area contributed by atoms with Crippen LogP contribution in [0.2, 0.25) is 0 Å². The van der Waals surface area contributed by atoms with E-state index in [1.165, 1.54) is 12.3 Å². The lowest BCUT2D eigenvalue weighted by atomic mass is 9.86. The van der Waals surface area contributed by atoms with Crippen molar-refractivity contribution in [2.45, 2.75) is 24.8 Å². The third kappa shape index (κ3) is 2.85. The molecule has 114 valence electrons. The topological polar surface area (TPSA) is 48.5 Å². The molecule has 0 aliphatic carbocycles. The fourth-order valence-electron chi connectivity index (χ4n) is 3.35. The van der Waals surface area contributed by atoms with Crippen molar-refractivity contribution < 1.29 is 9.18 Å². The van der Waals surface area contributed by atoms with Gasteiger partial charge >= 0.3 is 0 Å². The minimum absolute atomic E-state index is 0.00647. The summed E-state index contributed by atoms with van der Waals surface area (Å²) in [5, 5.41) is 2.95. The van der Waals surface area contributed by atoms with Crippen LogP contribution in [0.25, 0.3) is 0 Å². The van der Waals surface area contributed by atoms with E-state index in [-0.39, 0.29) is 17.3 Å². The number of pyridine rings is 1. The molecule has 1 atom stereocenters. The lowest BCUT2D eigenvalue weighted by Gasteiger charge is -2.49. The van der Waals surface area contributed by atoms with Gasteiger partial charge in [-0.15, -0.1) is 0 Å². The van der Waals surface area contributed by atoms with Crippen LogP contribution >= 0.6 is 0 Å². The Morgan fingerprint density at radius 1 is 1.33 bits per heavy atom. The van der Waals surface area contributed by atoms with Crippen LogP contribution < -0.4 is 10.2 Å². The van der Waals surface area contributed by atoms with Crippen molar-refractivity contribution in [2.75, 3.05) is 38.1 Å². The number of likely N-dealkylation sites (N-methyl/N-ethyl adjacent to an activating group) is 1. The number of hydrogen-bond donors (Lipinski definition) is 1. The Morgan fingerprint density at radius 2 is 2.19 bits per heavy atom. The highest BCUT2D eigenvalue weighted by molar-refractivity contribution is 5.76. The lowest BCUT2D eigenvalue weighted by molar-refractivity contribution is -0.120. The molecule has 2 aliphatic rings. The minimum Gasteiger partial charge on any atom is -0.356 e. The van der Waals surface area contributed by atoms with Crippen LogP contribution in [0.4, 0.5) is 10.2 Å². The first kappa shape index (κ1) is 14.3. The van der Waals surface area contributed by atoms with E-state index in [9.17, 15) is 9.18 Å². The summed E-state index contributed by atoms with van der Waals surface area (Å²) < 4.78 is 13.0. The largest absolute Gasteiger partial charge is 0.356 e. The van der Waals surface area contributed by atoms with Crippen molar-refractivity contribution in [3.8, 4) is 0 Å². The molecule has 0 saturated carbocycles. The zero-order chi connectivity index (χ0) is 14.9. The van der Waals surface area contributed by atoms with Crippen molar-refractivity contribution in [3.63, 3.8) is 0 Å². The quantitative estimate of drug-likeness (QED) is 0.839. The van der Waals surface area contributed by atoms with Gasteiger partial charge in [-0.2, -0.15) is 0 Å². The molecule has 1 N–H and O–H groups in total.